The number of hydrogen-bond acceptors (Lipinski definition) is 5. The Hall–Kier alpha value is -1.14. The molecule has 2 N–H and O–H groups in total. The standard InChI is InChI=1S/C11H19NO5/c1-6-5-12-9(14)8(16-6)7(13)10(15)17-11(2,3)4/h6-8,13H,5H2,1-4H3,(H,12,14)/t6-,7-,8-/m1/s1. The van der Waals surface area contributed by atoms with Crippen molar-refractivity contribution in [2.24, 2.45) is 0 Å². The molecule has 1 aliphatic rings. The Bertz CT molecular complexity index is 309. The van der Waals surface area contributed by atoms with Crippen LogP contribution in [0.1, 0.15) is 27.7 Å². The first-order chi connectivity index (χ1) is 7.70. The van der Waals surface area contributed by atoms with E-state index in [1.807, 2.05) is 0 Å². The van der Waals surface area contributed by atoms with Crippen molar-refractivity contribution in [2.75, 3.05) is 6.54 Å². The highest BCUT2D eigenvalue weighted by atomic mass is 16.6. The third kappa shape index (κ3) is 3.98. The first-order valence-electron chi connectivity index (χ1n) is 5.55. The summed E-state index contributed by atoms with van der Waals surface area (Å²) in [5.41, 5.74) is -0.713. The number of carbonyl (C=O) groups is 2. The van der Waals surface area contributed by atoms with Gasteiger partial charge in [0, 0.05) is 6.54 Å². The van der Waals surface area contributed by atoms with Gasteiger partial charge in [-0.15, -0.1) is 0 Å². The lowest BCUT2D eigenvalue weighted by Gasteiger charge is -2.31. The van der Waals surface area contributed by atoms with Crippen molar-refractivity contribution in [3.8, 4) is 0 Å². The first-order valence-corrected chi connectivity index (χ1v) is 5.55. The molecule has 0 saturated carbocycles. The average molecular weight is 245 g/mol. The molecule has 1 aliphatic heterocycles. The molecule has 6 nitrogen and oxygen atoms in total. The molecular formula is C11H19NO5. The molecule has 0 radical (unpaired) electrons. The highest BCUT2D eigenvalue weighted by molar-refractivity contribution is 5.89. The Kier molecular flexibility index (Phi) is 4.11. The summed E-state index contributed by atoms with van der Waals surface area (Å²) >= 11 is 0. The summed E-state index contributed by atoms with van der Waals surface area (Å²) in [6.45, 7) is 7.16. The van der Waals surface area contributed by atoms with E-state index in [-0.39, 0.29) is 6.10 Å². The maximum absolute atomic E-state index is 11.6. The second-order valence-electron chi connectivity index (χ2n) is 5.09. The van der Waals surface area contributed by atoms with Gasteiger partial charge in [0.1, 0.15) is 5.60 Å². The second kappa shape index (κ2) is 5.01. The molecule has 1 saturated heterocycles. The van der Waals surface area contributed by atoms with Crippen molar-refractivity contribution >= 4 is 11.9 Å². The Morgan fingerprint density at radius 1 is 1.59 bits per heavy atom. The minimum Gasteiger partial charge on any atom is -0.458 e. The van der Waals surface area contributed by atoms with Crippen LogP contribution in [0.3, 0.4) is 0 Å². The van der Waals surface area contributed by atoms with Gasteiger partial charge in [0.25, 0.3) is 5.91 Å². The van der Waals surface area contributed by atoms with Gasteiger partial charge in [-0.1, -0.05) is 0 Å². The molecule has 0 aliphatic carbocycles. The quantitative estimate of drug-likeness (QED) is 0.646. The highest BCUT2D eigenvalue weighted by Crippen LogP contribution is 2.14. The topological polar surface area (TPSA) is 84.9 Å². The maximum atomic E-state index is 11.6. The molecule has 1 amide bonds. The first kappa shape index (κ1) is 13.9. The smallest absolute Gasteiger partial charge is 0.338 e. The van der Waals surface area contributed by atoms with E-state index < -0.39 is 29.7 Å². The number of morpholine rings is 1. The van der Waals surface area contributed by atoms with E-state index in [9.17, 15) is 14.7 Å². The molecule has 6 heteroatoms. The van der Waals surface area contributed by atoms with Crippen LogP contribution in [0.2, 0.25) is 0 Å². The van der Waals surface area contributed by atoms with E-state index in [4.69, 9.17) is 9.47 Å². The Labute approximate surface area is 100 Å². The lowest BCUT2D eigenvalue weighted by molar-refractivity contribution is -0.182. The highest BCUT2D eigenvalue weighted by Gasteiger charge is 2.39. The van der Waals surface area contributed by atoms with Crippen LogP contribution in [0, 0.1) is 0 Å². The lowest BCUT2D eigenvalue weighted by atomic mass is 10.1. The van der Waals surface area contributed by atoms with E-state index in [1.54, 1.807) is 27.7 Å². The summed E-state index contributed by atoms with van der Waals surface area (Å²) in [6.07, 6.45) is -3.04. The van der Waals surface area contributed by atoms with Crippen LogP contribution in [0.25, 0.3) is 0 Å². The predicted octanol–water partition coefficient (Wildman–Crippen LogP) is -0.408. The summed E-state index contributed by atoms with van der Waals surface area (Å²) in [5, 5.41) is 12.3. The van der Waals surface area contributed by atoms with Gasteiger partial charge in [-0.05, 0) is 27.7 Å². The Balaban J connectivity index is 2.64. The molecule has 1 fully saturated rings. The molecule has 1 heterocycles. The van der Waals surface area contributed by atoms with Crippen molar-refractivity contribution in [1.29, 1.82) is 0 Å². The number of esters is 1. The summed E-state index contributed by atoms with van der Waals surface area (Å²) < 4.78 is 10.2. The van der Waals surface area contributed by atoms with Crippen LogP contribution in [0.5, 0.6) is 0 Å². The predicted molar refractivity (Wildman–Crippen MR) is 59.2 cm³/mol. The molecular weight excluding hydrogens is 226 g/mol. The molecule has 0 unspecified atom stereocenters. The van der Waals surface area contributed by atoms with Crippen molar-refractivity contribution in [1.82, 2.24) is 5.32 Å². The van der Waals surface area contributed by atoms with Crippen molar-refractivity contribution in [2.45, 2.75) is 51.6 Å². The van der Waals surface area contributed by atoms with Crippen LogP contribution in [-0.4, -0.2) is 47.4 Å². The number of aliphatic hydroxyl groups is 1. The molecule has 17 heavy (non-hydrogen) atoms. The summed E-state index contributed by atoms with van der Waals surface area (Å²) in [7, 11) is 0. The number of aliphatic hydroxyl groups excluding tert-OH is 1. The van der Waals surface area contributed by atoms with Gasteiger partial charge < -0.3 is 19.9 Å². The van der Waals surface area contributed by atoms with Gasteiger partial charge in [0.15, 0.2) is 12.2 Å². The van der Waals surface area contributed by atoms with Crippen molar-refractivity contribution < 1.29 is 24.2 Å². The lowest BCUT2D eigenvalue weighted by Crippen LogP contribution is -2.55. The Morgan fingerprint density at radius 2 is 2.18 bits per heavy atom. The summed E-state index contributed by atoms with van der Waals surface area (Å²) in [6, 6.07) is 0. The normalized spacial score (nSPS) is 27.2. The van der Waals surface area contributed by atoms with Gasteiger partial charge in [0.05, 0.1) is 6.10 Å². The number of ether oxygens (including phenoxy) is 2. The number of hydrogen-bond donors (Lipinski definition) is 2. The second-order valence-corrected chi connectivity index (χ2v) is 5.09. The molecule has 0 aromatic carbocycles. The van der Waals surface area contributed by atoms with Gasteiger partial charge in [-0.3, -0.25) is 4.79 Å². The molecule has 98 valence electrons. The molecule has 3 atom stereocenters. The third-order valence-corrected chi connectivity index (χ3v) is 2.14. The van der Waals surface area contributed by atoms with Crippen LogP contribution in [-0.2, 0) is 19.1 Å². The van der Waals surface area contributed by atoms with E-state index in [2.05, 4.69) is 5.32 Å². The Morgan fingerprint density at radius 3 is 2.71 bits per heavy atom. The van der Waals surface area contributed by atoms with Gasteiger partial charge in [-0.25, -0.2) is 4.79 Å². The summed E-state index contributed by atoms with van der Waals surface area (Å²) in [5.74, 6) is -1.35. The zero-order chi connectivity index (χ0) is 13.2. The van der Waals surface area contributed by atoms with E-state index in [0.29, 0.717) is 6.54 Å². The van der Waals surface area contributed by atoms with E-state index in [1.165, 1.54) is 0 Å². The van der Waals surface area contributed by atoms with Crippen LogP contribution in [0.4, 0.5) is 0 Å². The maximum Gasteiger partial charge on any atom is 0.338 e. The van der Waals surface area contributed by atoms with Crippen LogP contribution >= 0.6 is 0 Å². The van der Waals surface area contributed by atoms with Crippen LogP contribution < -0.4 is 5.32 Å². The zero-order valence-electron chi connectivity index (χ0n) is 10.5. The van der Waals surface area contributed by atoms with Gasteiger partial charge >= 0.3 is 5.97 Å². The monoisotopic (exact) mass is 245 g/mol. The fourth-order valence-corrected chi connectivity index (χ4v) is 1.41. The summed E-state index contributed by atoms with van der Waals surface area (Å²) in [4.78, 5) is 23.0. The number of nitrogens with one attached hydrogen (secondary N) is 1. The largest absolute Gasteiger partial charge is 0.458 e. The minimum atomic E-state index is -1.60. The van der Waals surface area contributed by atoms with Gasteiger partial charge in [0.2, 0.25) is 0 Å². The zero-order valence-corrected chi connectivity index (χ0v) is 10.5. The fraction of sp³-hybridized carbons (Fsp3) is 0.818. The molecule has 1 rings (SSSR count). The average Bonchev–Trinajstić information content (AvgIpc) is 2.18. The number of amides is 1. The molecule has 0 bridgehead atoms. The SMILES string of the molecule is C[C@@H]1CNC(=O)[C@@H]([C@@H](O)C(=O)OC(C)(C)C)O1. The van der Waals surface area contributed by atoms with Gasteiger partial charge in [-0.2, -0.15) is 0 Å². The van der Waals surface area contributed by atoms with Crippen molar-refractivity contribution in [3.63, 3.8) is 0 Å². The number of carbonyl (C=O) groups excluding carboxylic acids is 2. The molecule has 0 spiro atoms. The minimum absolute atomic E-state index is 0.241. The molecule has 0 aromatic rings. The van der Waals surface area contributed by atoms with Crippen LogP contribution in [0.15, 0.2) is 0 Å². The molecule has 0 aromatic heterocycles. The number of rotatable bonds is 2. The third-order valence-electron chi connectivity index (χ3n) is 2.14. The fourth-order valence-electron chi connectivity index (χ4n) is 1.41. The van der Waals surface area contributed by atoms with E-state index >= 15 is 0 Å². The van der Waals surface area contributed by atoms with E-state index in [0.717, 1.165) is 0 Å². The van der Waals surface area contributed by atoms with Crippen molar-refractivity contribution in [3.05, 3.63) is 0 Å².